The SMILES string of the molecule is CC(C)NS(=O)(=O)c1cc(CN)oc1Br. The van der Waals surface area contributed by atoms with Gasteiger partial charge >= 0.3 is 0 Å². The molecule has 15 heavy (non-hydrogen) atoms. The highest BCUT2D eigenvalue weighted by molar-refractivity contribution is 9.10. The van der Waals surface area contributed by atoms with Crippen LogP contribution in [-0.4, -0.2) is 14.5 Å². The van der Waals surface area contributed by atoms with Crippen LogP contribution in [0.5, 0.6) is 0 Å². The zero-order valence-corrected chi connectivity index (χ0v) is 10.9. The van der Waals surface area contributed by atoms with E-state index in [9.17, 15) is 8.42 Å². The summed E-state index contributed by atoms with van der Waals surface area (Å²) in [6.45, 7) is 3.65. The summed E-state index contributed by atoms with van der Waals surface area (Å²) in [5.41, 5.74) is 5.35. The lowest BCUT2D eigenvalue weighted by Crippen LogP contribution is -2.30. The first-order valence-corrected chi connectivity index (χ1v) is 6.65. The Morgan fingerprint density at radius 3 is 2.60 bits per heavy atom. The number of furan rings is 1. The molecule has 0 fully saturated rings. The molecule has 0 spiro atoms. The molecule has 0 unspecified atom stereocenters. The van der Waals surface area contributed by atoms with E-state index in [2.05, 4.69) is 20.7 Å². The summed E-state index contributed by atoms with van der Waals surface area (Å²) in [5.74, 6) is 0.422. The summed E-state index contributed by atoms with van der Waals surface area (Å²) in [6, 6.07) is 1.24. The fourth-order valence-corrected chi connectivity index (χ4v) is 3.30. The number of nitrogens with one attached hydrogen (secondary N) is 1. The van der Waals surface area contributed by atoms with Crippen LogP contribution in [0.3, 0.4) is 0 Å². The summed E-state index contributed by atoms with van der Waals surface area (Å²) in [5, 5.41) is 0. The first-order valence-electron chi connectivity index (χ1n) is 4.37. The van der Waals surface area contributed by atoms with E-state index in [4.69, 9.17) is 10.2 Å². The Hall–Kier alpha value is -0.370. The van der Waals surface area contributed by atoms with Crippen LogP contribution in [0.2, 0.25) is 0 Å². The molecular weight excluding hydrogens is 284 g/mol. The van der Waals surface area contributed by atoms with Crippen LogP contribution >= 0.6 is 15.9 Å². The summed E-state index contributed by atoms with van der Waals surface area (Å²) >= 11 is 3.04. The van der Waals surface area contributed by atoms with Crippen LogP contribution in [0.15, 0.2) is 20.0 Å². The minimum atomic E-state index is -3.53. The van der Waals surface area contributed by atoms with Gasteiger partial charge in [0.2, 0.25) is 10.0 Å². The minimum absolute atomic E-state index is 0.0802. The Labute approximate surface area is 97.2 Å². The Balaban J connectivity index is 3.09. The molecule has 0 saturated carbocycles. The van der Waals surface area contributed by atoms with E-state index in [0.29, 0.717) is 5.76 Å². The molecule has 0 atom stereocenters. The molecule has 0 aliphatic carbocycles. The van der Waals surface area contributed by atoms with Crippen molar-refractivity contribution in [1.29, 1.82) is 0 Å². The van der Waals surface area contributed by atoms with Gasteiger partial charge in [0.05, 0.1) is 6.54 Å². The van der Waals surface area contributed by atoms with Crippen molar-refractivity contribution in [2.75, 3.05) is 0 Å². The molecule has 0 radical (unpaired) electrons. The molecule has 86 valence electrons. The van der Waals surface area contributed by atoms with Crippen molar-refractivity contribution in [2.24, 2.45) is 5.73 Å². The predicted molar refractivity (Wildman–Crippen MR) is 59.8 cm³/mol. The largest absolute Gasteiger partial charge is 0.452 e. The highest BCUT2D eigenvalue weighted by Gasteiger charge is 2.22. The van der Waals surface area contributed by atoms with Crippen molar-refractivity contribution < 1.29 is 12.8 Å². The van der Waals surface area contributed by atoms with E-state index >= 15 is 0 Å². The van der Waals surface area contributed by atoms with Crippen LogP contribution in [0.1, 0.15) is 19.6 Å². The summed E-state index contributed by atoms with van der Waals surface area (Å²) in [4.78, 5) is 0.0802. The second-order valence-corrected chi connectivity index (χ2v) is 5.73. The molecule has 0 aliphatic rings. The number of halogens is 1. The van der Waals surface area contributed by atoms with E-state index in [-0.39, 0.29) is 22.2 Å². The van der Waals surface area contributed by atoms with Gasteiger partial charge in [-0.25, -0.2) is 13.1 Å². The quantitative estimate of drug-likeness (QED) is 0.874. The maximum atomic E-state index is 11.8. The van der Waals surface area contributed by atoms with Crippen molar-refractivity contribution >= 4 is 26.0 Å². The van der Waals surface area contributed by atoms with Crippen LogP contribution in [0.25, 0.3) is 0 Å². The highest BCUT2D eigenvalue weighted by atomic mass is 79.9. The lowest BCUT2D eigenvalue weighted by atomic mass is 10.4. The summed E-state index contributed by atoms with van der Waals surface area (Å²) in [7, 11) is -3.53. The van der Waals surface area contributed by atoms with Crippen molar-refractivity contribution in [3.63, 3.8) is 0 Å². The molecule has 7 heteroatoms. The standard InChI is InChI=1S/C8H13BrN2O3S/c1-5(2)11-15(12,13)7-3-6(4-10)14-8(7)9/h3,5,11H,4,10H2,1-2H3. The maximum absolute atomic E-state index is 11.8. The van der Waals surface area contributed by atoms with Gasteiger partial charge in [0, 0.05) is 12.1 Å². The van der Waals surface area contributed by atoms with Crippen molar-refractivity contribution in [3.05, 3.63) is 16.5 Å². The van der Waals surface area contributed by atoms with Gasteiger partial charge in [-0.1, -0.05) is 0 Å². The van der Waals surface area contributed by atoms with Gasteiger partial charge < -0.3 is 10.2 Å². The molecule has 3 N–H and O–H groups in total. The first-order chi connectivity index (χ1) is 6.86. The second-order valence-electron chi connectivity index (χ2n) is 3.33. The molecule has 0 amide bonds. The number of rotatable bonds is 4. The Morgan fingerprint density at radius 1 is 1.60 bits per heavy atom. The van der Waals surface area contributed by atoms with Crippen molar-refractivity contribution in [3.8, 4) is 0 Å². The molecule has 1 aromatic rings. The zero-order valence-electron chi connectivity index (χ0n) is 8.45. The Morgan fingerprint density at radius 2 is 2.20 bits per heavy atom. The molecular formula is C8H13BrN2O3S. The smallest absolute Gasteiger partial charge is 0.245 e. The van der Waals surface area contributed by atoms with Crippen LogP contribution in [-0.2, 0) is 16.6 Å². The van der Waals surface area contributed by atoms with E-state index in [1.165, 1.54) is 6.07 Å². The van der Waals surface area contributed by atoms with Gasteiger partial charge in [0.25, 0.3) is 0 Å². The lowest BCUT2D eigenvalue weighted by molar-refractivity contribution is 0.483. The summed E-state index contributed by atoms with van der Waals surface area (Å²) < 4.78 is 31.2. The fraction of sp³-hybridized carbons (Fsp3) is 0.500. The van der Waals surface area contributed by atoms with Gasteiger partial charge in [0.1, 0.15) is 10.7 Å². The topological polar surface area (TPSA) is 85.3 Å². The normalized spacial score (nSPS) is 12.3. The van der Waals surface area contributed by atoms with Gasteiger partial charge in [-0.05, 0) is 29.8 Å². The molecule has 0 bridgehead atoms. The number of sulfonamides is 1. The molecule has 1 rings (SSSR count). The predicted octanol–water partition coefficient (Wildman–Crippen LogP) is 1.19. The second kappa shape index (κ2) is 4.65. The van der Waals surface area contributed by atoms with Gasteiger partial charge in [-0.15, -0.1) is 0 Å². The van der Waals surface area contributed by atoms with Crippen molar-refractivity contribution in [2.45, 2.75) is 31.3 Å². The Bertz CT molecular complexity index is 439. The molecule has 1 aromatic heterocycles. The van der Waals surface area contributed by atoms with Crippen LogP contribution in [0, 0.1) is 0 Å². The maximum Gasteiger partial charge on any atom is 0.245 e. The number of hydrogen-bond donors (Lipinski definition) is 2. The molecule has 0 aromatic carbocycles. The van der Waals surface area contributed by atoms with E-state index < -0.39 is 10.0 Å². The molecule has 0 aliphatic heterocycles. The molecule has 1 heterocycles. The highest BCUT2D eigenvalue weighted by Crippen LogP contribution is 2.25. The average molecular weight is 297 g/mol. The van der Waals surface area contributed by atoms with Gasteiger partial charge in [-0.3, -0.25) is 0 Å². The van der Waals surface area contributed by atoms with E-state index in [1.807, 2.05) is 0 Å². The summed E-state index contributed by atoms with van der Waals surface area (Å²) in [6.07, 6.45) is 0. The third kappa shape index (κ3) is 3.04. The zero-order chi connectivity index (χ0) is 11.6. The third-order valence-electron chi connectivity index (χ3n) is 1.59. The number of hydrogen-bond acceptors (Lipinski definition) is 4. The van der Waals surface area contributed by atoms with E-state index in [0.717, 1.165) is 0 Å². The minimum Gasteiger partial charge on any atom is -0.452 e. The van der Waals surface area contributed by atoms with Gasteiger partial charge in [0.15, 0.2) is 4.67 Å². The van der Waals surface area contributed by atoms with Crippen LogP contribution in [0.4, 0.5) is 0 Å². The van der Waals surface area contributed by atoms with Crippen molar-refractivity contribution in [1.82, 2.24) is 4.72 Å². The average Bonchev–Trinajstić information content (AvgIpc) is 2.45. The Kier molecular flexibility index (Phi) is 3.93. The fourth-order valence-electron chi connectivity index (χ4n) is 1.06. The third-order valence-corrected chi connectivity index (χ3v) is 4.10. The molecule has 5 nitrogen and oxygen atoms in total. The van der Waals surface area contributed by atoms with Crippen LogP contribution < -0.4 is 10.5 Å². The van der Waals surface area contributed by atoms with Gasteiger partial charge in [-0.2, -0.15) is 0 Å². The molecule has 0 saturated heterocycles. The monoisotopic (exact) mass is 296 g/mol. The lowest BCUT2D eigenvalue weighted by Gasteiger charge is -2.07. The first kappa shape index (κ1) is 12.7. The van der Waals surface area contributed by atoms with E-state index in [1.54, 1.807) is 13.8 Å². The number of nitrogens with two attached hydrogens (primary N) is 1.